The van der Waals surface area contributed by atoms with Crippen molar-refractivity contribution in [3.63, 3.8) is 0 Å². The smallest absolute Gasteiger partial charge is 0.266 e. The fourth-order valence-electron chi connectivity index (χ4n) is 5.06. The van der Waals surface area contributed by atoms with Crippen LogP contribution < -0.4 is 16.0 Å². The lowest BCUT2D eigenvalue weighted by Crippen LogP contribution is -2.19. The van der Waals surface area contributed by atoms with E-state index in [1.807, 2.05) is 103 Å². The van der Waals surface area contributed by atoms with E-state index < -0.39 is 5.25 Å². The second kappa shape index (κ2) is 14.2. The van der Waals surface area contributed by atoms with Crippen molar-refractivity contribution >= 4 is 68.0 Å². The molecule has 6 aromatic rings. The Labute approximate surface area is 280 Å². The molecule has 7 nitrogen and oxygen atoms in total. The quantitative estimate of drug-likeness (QED) is 0.135. The highest BCUT2D eigenvalue weighted by atomic mass is 32.2. The lowest BCUT2D eigenvalue weighted by molar-refractivity contribution is -0.115. The highest BCUT2D eigenvalue weighted by Crippen LogP contribution is 2.39. The molecular formula is C38H28N4O3S2. The molecule has 0 aliphatic rings. The van der Waals surface area contributed by atoms with Crippen LogP contribution in [0.2, 0.25) is 0 Å². The van der Waals surface area contributed by atoms with Crippen LogP contribution in [0.15, 0.2) is 132 Å². The van der Waals surface area contributed by atoms with Crippen LogP contribution >= 0.6 is 23.1 Å². The minimum absolute atomic E-state index is 0.237. The number of anilines is 3. The first-order chi connectivity index (χ1) is 22.9. The van der Waals surface area contributed by atoms with Gasteiger partial charge in [0.2, 0.25) is 5.91 Å². The standard InChI is InChI=1S/C38H28N4O3S2/c1-24-32(23-39)38(47-33(24)36(44)40-29-15-6-3-7-16-29)42-37(45)34(26-12-4-2-5-13-26)46-31-18-10-17-30(22-31)41-35(43)28-20-19-25-11-8-9-14-27(25)21-28/h2-22,34H,1H3,(H,40,44)(H,41,43)(H,42,45). The Morgan fingerprint density at radius 1 is 0.702 bits per heavy atom. The fraction of sp³-hybridized carbons (Fsp3) is 0.0526. The Morgan fingerprint density at radius 2 is 1.36 bits per heavy atom. The second-order valence-corrected chi connectivity index (χ2v) is 12.8. The van der Waals surface area contributed by atoms with Crippen molar-refractivity contribution in [1.82, 2.24) is 0 Å². The number of hydrogen-bond acceptors (Lipinski definition) is 6. The lowest BCUT2D eigenvalue weighted by Gasteiger charge is -2.17. The molecule has 1 unspecified atom stereocenters. The van der Waals surface area contributed by atoms with Crippen LogP contribution in [-0.2, 0) is 4.79 Å². The number of nitriles is 1. The van der Waals surface area contributed by atoms with E-state index in [1.54, 1.807) is 31.2 Å². The molecule has 0 bridgehead atoms. The van der Waals surface area contributed by atoms with E-state index in [-0.39, 0.29) is 23.3 Å². The zero-order chi connectivity index (χ0) is 32.8. The number of thiophene rings is 1. The Hall–Kier alpha value is -5.69. The van der Waals surface area contributed by atoms with Crippen LogP contribution in [0.5, 0.6) is 0 Å². The third-order valence-corrected chi connectivity index (χ3v) is 9.89. The average Bonchev–Trinajstić information content (AvgIpc) is 3.42. The Bertz CT molecular complexity index is 2140. The molecule has 0 aliphatic heterocycles. The molecule has 0 saturated carbocycles. The molecule has 0 fully saturated rings. The number of benzene rings is 5. The van der Waals surface area contributed by atoms with Crippen molar-refractivity contribution in [2.24, 2.45) is 0 Å². The molecule has 3 amide bonds. The van der Waals surface area contributed by atoms with Crippen molar-refractivity contribution in [2.45, 2.75) is 17.1 Å². The molecule has 0 saturated heterocycles. The lowest BCUT2D eigenvalue weighted by atomic mass is 10.1. The first kappa shape index (κ1) is 31.3. The van der Waals surface area contributed by atoms with Crippen LogP contribution in [0.25, 0.3) is 10.8 Å². The van der Waals surface area contributed by atoms with Crippen molar-refractivity contribution in [3.05, 3.63) is 155 Å². The number of thioether (sulfide) groups is 1. The first-order valence-corrected chi connectivity index (χ1v) is 16.4. The second-order valence-electron chi connectivity index (χ2n) is 10.6. The number of nitrogens with one attached hydrogen (secondary N) is 3. The summed E-state index contributed by atoms with van der Waals surface area (Å²) < 4.78 is 0. The summed E-state index contributed by atoms with van der Waals surface area (Å²) in [6.07, 6.45) is 0. The first-order valence-electron chi connectivity index (χ1n) is 14.7. The number of fused-ring (bicyclic) bond motifs is 1. The molecule has 3 N–H and O–H groups in total. The van der Waals surface area contributed by atoms with Gasteiger partial charge in [-0.1, -0.05) is 84.9 Å². The van der Waals surface area contributed by atoms with Crippen molar-refractivity contribution in [1.29, 1.82) is 5.26 Å². The summed E-state index contributed by atoms with van der Waals surface area (Å²) in [6.45, 7) is 1.70. The van der Waals surface area contributed by atoms with Crippen LogP contribution in [-0.4, -0.2) is 17.7 Å². The summed E-state index contributed by atoms with van der Waals surface area (Å²) >= 11 is 2.39. The average molecular weight is 653 g/mol. The van der Waals surface area contributed by atoms with Gasteiger partial charge >= 0.3 is 0 Å². The largest absolute Gasteiger partial charge is 0.322 e. The van der Waals surface area contributed by atoms with Gasteiger partial charge in [-0.25, -0.2) is 0 Å². The number of para-hydroxylation sites is 1. The molecule has 1 heterocycles. The molecule has 0 radical (unpaired) electrons. The number of carbonyl (C=O) groups is 3. The van der Waals surface area contributed by atoms with Gasteiger partial charge < -0.3 is 16.0 Å². The predicted octanol–water partition coefficient (Wildman–Crippen LogP) is 9.06. The van der Waals surface area contributed by atoms with Gasteiger partial charge in [0.1, 0.15) is 16.3 Å². The number of rotatable bonds is 9. The highest BCUT2D eigenvalue weighted by Gasteiger charge is 2.27. The summed E-state index contributed by atoms with van der Waals surface area (Å²) in [5.74, 6) is -0.939. The Kier molecular flexibility index (Phi) is 9.43. The van der Waals surface area contributed by atoms with Crippen LogP contribution in [0.4, 0.5) is 16.4 Å². The molecular weight excluding hydrogens is 625 g/mol. The van der Waals surface area contributed by atoms with Gasteiger partial charge in [-0.05, 0) is 71.3 Å². The predicted molar refractivity (Wildman–Crippen MR) is 190 cm³/mol. The third kappa shape index (κ3) is 7.25. The van der Waals surface area contributed by atoms with E-state index >= 15 is 0 Å². The fourth-order valence-corrected chi connectivity index (χ4v) is 7.20. The van der Waals surface area contributed by atoms with E-state index in [4.69, 9.17) is 0 Å². The summed E-state index contributed by atoms with van der Waals surface area (Å²) in [7, 11) is 0. The summed E-state index contributed by atoms with van der Waals surface area (Å²) in [6, 6.07) is 41.3. The number of hydrogen-bond donors (Lipinski definition) is 3. The molecule has 5 aromatic carbocycles. The Morgan fingerprint density at radius 3 is 2.11 bits per heavy atom. The summed E-state index contributed by atoms with van der Waals surface area (Å²) in [5.41, 5.74) is 3.27. The summed E-state index contributed by atoms with van der Waals surface area (Å²) in [5, 5.41) is 20.4. The van der Waals surface area contributed by atoms with Gasteiger partial charge in [0.25, 0.3) is 11.8 Å². The van der Waals surface area contributed by atoms with Gasteiger partial charge in [-0.3, -0.25) is 14.4 Å². The van der Waals surface area contributed by atoms with Gasteiger partial charge in [0, 0.05) is 21.8 Å². The van der Waals surface area contributed by atoms with Crippen LogP contribution in [0.3, 0.4) is 0 Å². The van der Waals surface area contributed by atoms with E-state index in [1.165, 1.54) is 11.8 Å². The van der Waals surface area contributed by atoms with E-state index in [0.717, 1.165) is 32.6 Å². The minimum Gasteiger partial charge on any atom is -0.322 e. The molecule has 0 spiro atoms. The zero-order valence-electron chi connectivity index (χ0n) is 25.2. The van der Waals surface area contributed by atoms with Gasteiger partial charge in [-0.15, -0.1) is 23.1 Å². The number of amides is 3. The topological polar surface area (TPSA) is 111 Å². The molecule has 0 aliphatic carbocycles. The third-order valence-electron chi connectivity index (χ3n) is 7.43. The maximum atomic E-state index is 13.9. The molecule has 230 valence electrons. The molecule has 47 heavy (non-hydrogen) atoms. The SMILES string of the molecule is Cc1c(C(=O)Nc2ccccc2)sc(NC(=O)C(Sc2cccc(NC(=O)c3ccc4ccccc4c3)c2)c2ccccc2)c1C#N. The van der Waals surface area contributed by atoms with E-state index in [2.05, 4.69) is 22.0 Å². The molecule has 6 rings (SSSR count). The van der Waals surface area contributed by atoms with E-state index in [9.17, 15) is 19.6 Å². The highest BCUT2D eigenvalue weighted by molar-refractivity contribution is 8.00. The van der Waals surface area contributed by atoms with Gasteiger partial charge in [-0.2, -0.15) is 5.26 Å². The zero-order valence-corrected chi connectivity index (χ0v) is 26.8. The van der Waals surface area contributed by atoms with Crippen LogP contribution in [0.1, 0.15) is 42.0 Å². The minimum atomic E-state index is -0.696. The number of carbonyl (C=O) groups excluding carboxylic acids is 3. The Balaban J connectivity index is 1.22. The summed E-state index contributed by atoms with van der Waals surface area (Å²) in [4.78, 5) is 41.3. The van der Waals surface area contributed by atoms with Gasteiger partial charge in [0.05, 0.1) is 10.4 Å². The van der Waals surface area contributed by atoms with Crippen molar-refractivity contribution in [3.8, 4) is 6.07 Å². The van der Waals surface area contributed by atoms with Gasteiger partial charge in [0.15, 0.2) is 0 Å². The molecule has 1 aromatic heterocycles. The maximum absolute atomic E-state index is 13.9. The monoisotopic (exact) mass is 652 g/mol. The molecule has 1 atom stereocenters. The van der Waals surface area contributed by atoms with Crippen molar-refractivity contribution in [2.75, 3.05) is 16.0 Å². The normalized spacial score (nSPS) is 11.3. The van der Waals surface area contributed by atoms with E-state index in [0.29, 0.717) is 32.4 Å². The van der Waals surface area contributed by atoms with Crippen LogP contribution in [0, 0.1) is 18.3 Å². The maximum Gasteiger partial charge on any atom is 0.266 e. The number of nitrogens with zero attached hydrogens (tertiary/aromatic N) is 1. The molecule has 9 heteroatoms. The van der Waals surface area contributed by atoms with Crippen molar-refractivity contribution < 1.29 is 14.4 Å².